The maximum Gasteiger partial charge on any atom is 0.0723 e. The highest BCUT2D eigenvalue weighted by molar-refractivity contribution is 5.21. The molecule has 0 amide bonds. The molecule has 1 aromatic rings. The fourth-order valence-corrected chi connectivity index (χ4v) is 5.41. The van der Waals surface area contributed by atoms with E-state index in [0.29, 0.717) is 17.8 Å². The van der Waals surface area contributed by atoms with Crippen LogP contribution in [0, 0.1) is 23.7 Å². The molecule has 1 aromatic heterocycles. The number of rotatable bonds is 12. The lowest BCUT2D eigenvalue weighted by Crippen LogP contribution is -2.18. The molecular formula is C27H41NO2. The molecular weight excluding hydrogens is 370 g/mol. The minimum absolute atomic E-state index is 0.192. The SMILES string of the molecule is CCCC[C@H](C)C[C@H](O)/C=C/[C@@H]1[C@H]2CC(CCCCc3ccccn3)=C[C@H]2C[C@H]1O. The van der Waals surface area contributed by atoms with Gasteiger partial charge in [0.15, 0.2) is 0 Å². The molecule has 0 unspecified atom stereocenters. The Labute approximate surface area is 183 Å². The van der Waals surface area contributed by atoms with Crippen LogP contribution in [-0.4, -0.2) is 27.4 Å². The summed E-state index contributed by atoms with van der Waals surface area (Å²) in [6, 6.07) is 6.14. The third-order valence-electron chi connectivity index (χ3n) is 7.11. The van der Waals surface area contributed by atoms with Gasteiger partial charge in [0.2, 0.25) is 0 Å². The summed E-state index contributed by atoms with van der Waals surface area (Å²) in [5, 5.41) is 21.0. The van der Waals surface area contributed by atoms with Gasteiger partial charge in [-0.3, -0.25) is 4.98 Å². The molecule has 1 fully saturated rings. The molecule has 3 rings (SSSR count). The molecule has 1 saturated carbocycles. The van der Waals surface area contributed by atoms with Crippen LogP contribution in [0.5, 0.6) is 0 Å². The molecule has 3 nitrogen and oxygen atoms in total. The van der Waals surface area contributed by atoms with Gasteiger partial charge in [0.1, 0.15) is 0 Å². The van der Waals surface area contributed by atoms with E-state index < -0.39 is 0 Å². The number of hydrogen-bond donors (Lipinski definition) is 2. The molecule has 0 spiro atoms. The fraction of sp³-hybridized carbons (Fsp3) is 0.667. The van der Waals surface area contributed by atoms with Crippen LogP contribution >= 0.6 is 0 Å². The van der Waals surface area contributed by atoms with Crippen LogP contribution in [0.3, 0.4) is 0 Å². The highest BCUT2D eigenvalue weighted by atomic mass is 16.3. The Morgan fingerprint density at radius 3 is 2.80 bits per heavy atom. The summed E-state index contributed by atoms with van der Waals surface area (Å²) in [5.74, 6) is 1.78. The van der Waals surface area contributed by atoms with Crippen LogP contribution in [0.1, 0.15) is 77.3 Å². The quantitative estimate of drug-likeness (QED) is 0.334. The second-order valence-corrected chi connectivity index (χ2v) is 9.70. The smallest absolute Gasteiger partial charge is 0.0723 e. The summed E-state index contributed by atoms with van der Waals surface area (Å²) < 4.78 is 0. The molecule has 3 heteroatoms. The van der Waals surface area contributed by atoms with Crippen molar-refractivity contribution in [3.8, 4) is 0 Å². The number of allylic oxidation sites excluding steroid dienone is 2. The predicted molar refractivity (Wildman–Crippen MR) is 124 cm³/mol. The van der Waals surface area contributed by atoms with Crippen LogP contribution in [0.4, 0.5) is 0 Å². The number of aliphatic hydroxyl groups excluding tert-OH is 2. The number of nitrogens with zero attached hydrogens (tertiary/aromatic N) is 1. The summed E-state index contributed by atoms with van der Waals surface area (Å²) in [4.78, 5) is 4.41. The van der Waals surface area contributed by atoms with Crippen LogP contribution in [0.25, 0.3) is 0 Å². The van der Waals surface area contributed by atoms with Crippen LogP contribution < -0.4 is 0 Å². The average molecular weight is 412 g/mol. The first-order valence-corrected chi connectivity index (χ1v) is 12.2. The normalized spacial score (nSPS) is 27.9. The van der Waals surface area contributed by atoms with E-state index in [-0.39, 0.29) is 18.1 Å². The Morgan fingerprint density at radius 2 is 2.03 bits per heavy atom. The Kier molecular flexibility index (Phi) is 9.14. The zero-order chi connectivity index (χ0) is 21.3. The molecule has 2 aliphatic carbocycles. The predicted octanol–water partition coefficient (Wildman–Crippen LogP) is 5.87. The zero-order valence-corrected chi connectivity index (χ0v) is 18.9. The van der Waals surface area contributed by atoms with E-state index in [0.717, 1.165) is 25.7 Å². The van der Waals surface area contributed by atoms with Gasteiger partial charge >= 0.3 is 0 Å². The van der Waals surface area contributed by atoms with Gasteiger partial charge in [0, 0.05) is 17.8 Å². The van der Waals surface area contributed by atoms with Crippen LogP contribution in [-0.2, 0) is 6.42 Å². The lowest BCUT2D eigenvalue weighted by molar-refractivity contribution is 0.139. The zero-order valence-electron chi connectivity index (χ0n) is 18.9. The van der Waals surface area contributed by atoms with E-state index in [9.17, 15) is 10.2 Å². The van der Waals surface area contributed by atoms with Gasteiger partial charge in [-0.25, -0.2) is 0 Å². The van der Waals surface area contributed by atoms with Crippen molar-refractivity contribution in [3.05, 3.63) is 53.9 Å². The Balaban J connectivity index is 1.42. The second kappa shape index (κ2) is 11.8. The standard InChI is InChI=1S/C27H41NO2/c1-3-4-9-20(2)16-24(29)13-14-25-26-18-21(17-22(26)19-27(25)30)10-5-6-11-23-12-7-8-15-28-23/h7-8,12-15,17,20,22,24-27,29-30H,3-6,9-11,16,18-19H2,1-2H3/b14-13+/t20-,22-,24+,25+,26-,27+/m0/s1. The van der Waals surface area contributed by atoms with E-state index in [1.54, 1.807) is 5.57 Å². The van der Waals surface area contributed by atoms with Gasteiger partial charge in [-0.1, -0.05) is 63.0 Å². The van der Waals surface area contributed by atoms with Crippen LogP contribution in [0.2, 0.25) is 0 Å². The Morgan fingerprint density at radius 1 is 1.20 bits per heavy atom. The minimum Gasteiger partial charge on any atom is -0.392 e. The van der Waals surface area contributed by atoms with Crippen molar-refractivity contribution in [1.29, 1.82) is 0 Å². The van der Waals surface area contributed by atoms with Gasteiger partial charge in [0.25, 0.3) is 0 Å². The van der Waals surface area contributed by atoms with Crippen LogP contribution in [0.15, 0.2) is 48.2 Å². The third-order valence-corrected chi connectivity index (χ3v) is 7.11. The number of hydrogen-bond acceptors (Lipinski definition) is 3. The fourth-order valence-electron chi connectivity index (χ4n) is 5.41. The molecule has 30 heavy (non-hydrogen) atoms. The second-order valence-electron chi connectivity index (χ2n) is 9.70. The number of aliphatic hydroxyl groups is 2. The number of pyridine rings is 1. The molecule has 0 bridgehead atoms. The van der Waals surface area contributed by atoms with Crippen molar-refractivity contribution in [3.63, 3.8) is 0 Å². The van der Waals surface area contributed by atoms with Crippen molar-refractivity contribution in [2.24, 2.45) is 23.7 Å². The van der Waals surface area contributed by atoms with E-state index >= 15 is 0 Å². The highest BCUT2D eigenvalue weighted by Gasteiger charge is 2.43. The largest absolute Gasteiger partial charge is 0.392 e. The van der Waals surface area contributed by atoms with Crippen molar-refractivity contribution >= 4 is 0 Å². The van der Waals surface area contributed by atoms with E-state index in [1.165, 1.54) is 44.2 Å². The number of unbranched alkanes of at least 4 members (excludes halogenated alkanes) is 2. The lowest BCUT2D eigenvalue weighted by Gasteiger charge is -2.19. The van der Waals surface area contributed by atoms with Gasteiger partial charge in [-0.05, 0) is 74.8 Å². The summed E-state index contributed by atoms with van der Waals surface area (Å²) in [7, 11) is 0. The number of aromatic nitrogens is 1. The molecule has 0 radical (unpaired) electrons. The Hall–Kier alpha value is -1.45. The van der Waals surface area contributed by atoms with Gasteiger partial charge in [-0.2, -0.15) is 0 Å². The third kappa shape index (κ3) is 6.78. The summed E-state index contributed by atoms with van der Waals surface area (Å²) in [6.07, 6.45) is 18.8. The van der Waals surface area contributed by atoms with E-state index in [1.807, 2.05) is 18.3 Å². The molecule has 0 aromatic carbocycles. The number of fused-ring (bicyclic) bond motifs is 1. The first-order valence-electron chi connectivity index (χ1n) is 12.2. The molecule has 6 atom stereocenters. The Bertz CT molecular complexity index is 683. The summed E-state index contributed by atoms with van der Waals surface area (Å²) in [6.45, 7) is 4.44. The van der Waals surface area contributed by atoms with Gasteiger partial charge in [-0.15, -0.1) is 0 Å². The average Bonchev–Trinajstić information content (AvgIpc) is 3.25. The topological polar surface area (TPSA) is 53.4 Å². The van der Waals surface area contributed by atoms with Crippen molar-refractivity contribution in [2.75, 3.05) is 0 Å². The van der Waals surface area contributed by atoms with Gasteiger partial charge < -0.3 is 10.2 Å². The molecule has 2 aliphatic rings. The van der Waals surface area contributed by atoms with Crippen molar-refractivity contribution in [1.82, 2.24) is 4.98 Å². The van der Waals surface area contributed by atoms with E-state index in [2.05, 4.69) is 43.1 Å². The summed E-state index contributed by atoms with van der Waals surface area (Å²) >= 11 is 0. The molecule has 1 heterocycles. The maximum atomic E-state index is 10.6. The lowest BCUT2D eigenvalue weighted by atomic mass is 9.88. The number of aryl methyl sites for hydroxylation is 1. The maximum absolute atomic E-state index is 10.6. The van der Waals surface area contributed by atoms with Crippen molar-refractivity contribution in [2.45, 2.75) is 90.3 Å². The highest BCUT2D eigenvalue weighted by Crippen LogP contribution is 2.48. The van der Waals surface area contributed by atoms with Gasteiger partial charge in [0.05, 0.1) is 12.2 Å². The first kappa shape index (κ1) is 23.2. The molecule has 0 saturated heterocycles. The first-order chi connectivity index (χ1) is 14.6. The minimum atomic E-state index is -0.386. The molecule has 2 N–H and O–H groups in total. The monoisotopic (exact) mass is 411 g/mol. The molecule has 166 valence electrons. The molecule has 0 aliphatic heterocycles. The van der Waals surface area contributed by atoms with E-state index in [4.69, 9.17) is 0 Å². The summed E-state index contributed by atoms with van der Waals surface area (Å²) in [5.41, 5.74) is 2.76. The van der Waals surface area contributed by atoms with Crippen molar-refractivity contribution < 1.29 is 10.2 Å².